The highest BCUT2D eigenvalue weighted by atomic mass is 15.3. The van der Waals surface area contributed by atoms with Gasteiger partial charge >= 0.3 is 0 Å². The van der Waals surface area contributed by atoms with E-state index in [-0.39, 0.29) is 0 Å². The van der Waals surface area contributed by atoms with Crippen LogP contribution < -0.4 is 10.2 Å². The van der Waals surface area contributed by atoms with Crippen LogP contribution in [0, 0.1) is 6.92 Å². The molecule has 3 rings (SSSR count). The summed E-state index contributed by atoms with van der Waals surface area (Å²) < 4.78 is 0. The summed E-state index contributed by atoms with van der Waals surface area (Å²) in [6, 6.07) is 5.75. The fourth-order valence-electron chi connectivity index (χ4n) is 2.89. The number of fused-ring (bicyclic) bond motifs is 2. The lowest BCUT2D eigenvalue weighted by molar-refractivity contribution is 0.484. The van der Waals surface area contributed by atoms with Gasteiger partial charge in [-0.1, -0.05) is 0 Å². The maximum Gasteiger partial charge on any atom is 0.0419 e. The summed E-state index contributed by atoms with van der Waals surface area (Å²) in [5, 5.41) is 3.50. The van der Waals surface area contributed by atoms with E-state index < -0.39 is 0 Å². The van der Waals surface area contributed by atoms with Gasteiger partial charge in [0.1, 0.15) is 0 Å². The molecule has 15 heavy (non-hydrogen) atoms. The van der Waals surface area contributed by atoms with Crippen LogP contribution in [-0.2, 0) is 0 Å². The molecule has 1 aromatic heterocycles. The summed E-state index contributed by atoms with van der Waals surface area (Å²) in [6.45, 7) is 4.34. The fourth-order valence-corrected chi connectivity index (χ4v) is 2.89. The normalized spacial score (nSPS) is 29.5. The predicted molar refractivity (Wildman–Crippen MR) is 61.1 cm³/mol. The lowest BCUT2D eigenvalue weighted by Crippen LogP contribution is -2.52. The topological polar surface area (TPSA) is 28.2 Å². The number of aryl methyl sites for hydroxylation is 1. The molecule has 0 radical (unpaired) electrons. The van der Waals surface area contributed by atoms with Crippen molar-refractivity contribution in [3.05, 3.63) is 24.0 Å². The Hall–Kier alpha value is -1.09. The average molecular weight is 203 g/mol. The minimum absolute atomic E-state index is 0.700. The first-order valence-electron chi connectivity index (χ1n) is 5.76. The van der Waals surface area contributed by atoms with Gasteiger partial charge in [0.2, 0.25) is 0 Å². The molecule has 80 valence electrons. The smallest absolute Gasteiger partial charge is 0.0419 e. The minimum Gasteiger partial charge on any atom is -0.363 e. The molecule has 2 fully saturated rings. The minimum atomic E-state index is 0.700. The molecule has 2 aliphatic rings. The number of rotatable bonds is 1. The summed E-state index contributed by atoms with van der Waals surface area (Å²) in [5.41, 5.74) is 2.47. The fraction of sp³-hybridized carbons (Fsp3) is 0.583. The molecule has 0 spiro atoms. The van der Waals surface area contributed by atoms with Crippen LogP contribution in [0.1, 0.15) is 18.5 Å². The standard InChI is InChI=1S/C12H17N3/c1-9-6-10(4-5-14-9)15-11-2-3-12(15)8-13-7-11/h4-6,11-13H,2-3,7-8H2,1H3/t11-,12-/m1/s1. The molecule has 0 aliphatic carbocycles. The molecule has 2 bridgehead atoms. The van der Waals surface area contributed by atoms with Crippen LogP contribution in [0.25, 0.3) is 0 Å². The Morgan fingerprint density at radius 2 is 2.07 bits per heavy atom. The molecule has 1 aromatic rings. The van der Waals surface area contributed by atoms with Crippen molar-refractivity contribution in [2.45, 2.75) is 31.8 Å². The highest BCUT2D eigenvalue weighted by Crippen LogP contribution is 2.32. The number of piperazine rings is 1. The summed E-state index contributed by atoms with van der Waals surface area (Å²) in [5.74, 6) is 0. The van der Waals surface area contributed by atoms with E-state index in [1.807, 2.05) is 6.20 Å². The summed E-state index contributed by atoms with van der Waals surface area (Å²) in [7, 11) is 0. The Kier molecular flexibility index (Phi) is 2.13. The molecule has 0 saturated carbocycles. The van der Waals surface area contributed by atoms with Crippen LogP contribution in [0.5, 0.6) is 0 Å². The van der Waals surface area contributed by atoms with Gasteiger partial charge in [0.25, 0.3) is 0 Å². The Morgan fingerprint density at radius 1 is 1.33 bits per heavy atom. The number of nitrogens with zero attached hydrogens (tertiary/aromatic N) is 2. The van der Waals surface area contributed by atoms with E-state index >= 15 is 0 Å². The van der Waals surface area contributed by atoms with Gasteiger partial charge < -0.3 is 10.2 Å². The quantitative estimate of drug-likeness (QED) is 0.746. The van der Waals surface area contributed by atoms with Crippen molar-refractivity contribution >= 4 is 5.69 Å². The van der Waals surface area contributed by atoms with Crippen LogP contribution in [0.3, 0.4) is 0 Å². The van der Waals surface area contributed by atoms with Crippen molar-refractivity contribution < 1.29 is 0 Å². The van der Waals surface area contributed by atoms with Crippen molar-refractivity contribution in [3.8, 4) is 0 Å². The third kappa shape index (κ3) is 1.51. The Balaban J connectivity index is 1.93. The van der Waals surface area contributed by atoms with E-state index in [1.54, 1.807) is 0 Å². The highest BCUT2D eigenvalue weighted by molar-refractivity contribution is 5.50. The van der Waals surface area contributed by atoms with Crippen molar-refractivity contribution in [2.75, 3.05) is 18.0 Å². The summed E-state index contributed by atoms with van der Waals surface area (Å²) in [4.78, 5) is 6.85. The van der Waals surface area contributed by atoms with E-state index in [0.717, 1.165) is 18.8 Å². The second kappa shape index (κ2) is 3.49. The van der Waals surface area contributed by atoms with E-state index in [1.165, 1.54) is 18.5 Å². The van der Waals surface area contributed by atoms with Gasteiger partial charge in [0, 0.05) is 42.8 Å². The van der Waals surface area contributed by atoms with Gasteiger partial charge in [0.05, 0.1) is 0 Å². The lowest BCUT2D eigenvalue weighted by atomic mass is 10.2. The van der Waals surface area contributed by atoms with Crippen LogP contribution >= 0.6 is 0 Å². The first-order chi connectivity index (χ1) is 7.34. The molecule has 0 amide bonds. The molecular weight excluding hydrogens is 186 g/mol. The molecule has 3 heteroatoms. The summed E-state index contributed by atoms with van der Waals surface area (Å²) >= 11 is 0. The van der Waals surface area contributed by atoms with Gasteiger partial charge in [-0.2, -0.15) is 0 Å². The zero-order valence-corrected chi connectivity index (χ0v) is 9.11. The monoisotopic (exact) mass is 203 g/mol. The van der Waals surface area contributed by atoms with Gasteiger partial charge in [-0.15, -0.1) is 0 Å². The maximum absolute atomic E-state index is 4.26. The molecule has 1 N–H and O–H groups in total. The van der Waals surface area contributed by atoms with E-state index in [0.29, 0.717) is 12.1 Å². The first kappa shape index (κ1) is 9.16. The Bertz CT molecular complexity index is 348. The molecule has 3 nitrogen and oxygen atoms in total. The van der Waals surface area contributed by atoms with E-state index in [2.05, 4.69) is 34.3 Å². The van der Waals surface area contributed by atoms with Crippen molar-refractivity contribution in [2.24, 2.45) is 0 Å². The van der Waals surface area contributed by atoms with Crippen LogP contribution in [0.15, 0.2) is 18.3 Å². The highest BCUT2D eigenvalue weighted by Gasteiger charge is 2.36. The number of hydrogen-bond acceptors (Lipinski definition) is 3. The number of aromatic nitrogens is 1. The molecule has 0 aromatic carbocycles. The van der Waals surface area contributed by atoms with Gasteiger partial charge in [-0.3, -0.25) is 4.98 Å². The van der Waals surface area contributed by atoms with Gasteiger partial charge in [-0.05, 0) is 31.9 Å². The van der Waals surface area contributed by atoms with E-state index in [9.17, 15) is 0 Å². The van der Waals surface area contributed by atoms with Crippen LogP contribution in [-0.4, -0.2) is 30.2 Å². The van der Waals surface area contributed by atoms with Gasteiger partial charge in [0.15, 0.2) is 0 Å². The molecule has 2 aliphatic heterocycles. The summed E-state index contributed by atoms with van der Waals surface area (Å²) in [6.07, 6.45) is 4.59. The van der Waals surface area contributed by atoms with Crippen molar-refractivity contribution in [3.63, 3.8) is 0 Å². The third-order valence-electron chi connectivity index (χ3n) is 3.56. The van der Waals surface area contributed by atoms with E-state index in [4.69, 9.17) is 0 Å². The molecular formula is C12H17N3. The van der Waals surface area contributed by atoms with Crippen LogP contribution in [0.4, 0.5) is 5.69 Å². The first-order valence-corrected chi connectivity index (χ1v) is 5.76. The largest absolute Gasteiger partial charge is 0.363 e. The molecule has 2 atom stereocenters. The zero-order chi connectivity index (χ0) is 10.3. The lowest BCUT2D eigenvalue weighted by Gasteiger charge is -2.37. The molecule has 2 saturated heterocycles. The van der Waals surface area contributed by atoms with Crippen LogP contribution in [0.2, 0.25) is 0 Å². The Morgan fingerprint density at radius 3 is 2.73 bits per heavy atom. The number of anilines is 1. The third-order valence-corrected chi connectivity index (χ3v) is 3.56. The second-order valence-corrected chi connectivity index (χ2v) is 4.61. The Labute approximate surface area is 90.5 Å². The zero-order valence-electron chi connectivity index (χ0n) is 9.11. The predicted octanol–water partition coefficient (Wildman–Crippen LogP) is 1.33. The van der Waals surface area contributed by atoms with Gasteiger partial charge in [-0.25, -0.2) is 0 Å². The van der Waals surface area contributed by atoms with Crippen molar-refractivity contribution in [1.29, 1.82) is 0 Å². The number of pyridine rings is 1. The van der Waals surface area contributed by atoms with Crippen molar-refractivity contribution in [1.82, 2.24) is 10.3 Å². The molecule has 3 heterocycles. The number of hydrogen-bond donors (Lipinski definition) is 1. The SMILES string of the molecule is Cc1cc(N2[C@@H]3CC[C@@H]2CNC3)ccn1. The number of nitrogens with one attached hydrogen (secondary N) is 1. The average Bonchev–Trinajstić information content (AvgIpc) is 2.49. The second-order valence-electron chi connectivity index (χ2n) is 4.61. The maximum atomic E-state index is 4.26. The molecule has 0 unspecified atom stereocenters.